The van der Waals surface area contributed by atoms with E-state index in [0.29, 0.717) is 6.04 Å². The molecule has 0 bridgehead atoms. The molecule has 0 amide bonds. The number of β-amino-alcohol motifs (C(OH)–C–C–N with tert-alkyl or cyclic N) is 1. The monoisotopic (exact) mass is 171 g/mol. The van der Waals surface area contributed by atoms with Crippen molar-refractivity contribution in [1.29, 1.82) is 0 Å². The molecule has 0 spiro atoms. The Morgan fingerprint density at radius 1 is 1.42 bits per heavy atom. The summed E-state index contributed by atoms with van der Waals surface area (Å²) >= 11 is 0. The number of rotatable bonds is 2. The molecule has 1 N–H and O–H groups in total. The van der Waals surface area contributed by atoms with Crippen LogP contribution >= 0.6 is 0 Å². The molecule has 1 aliphatic rings. The number of piperidine rings is 1. The van der Waals surface area contributed by atoms with E-state index in [0.717, 1.165) is 13.1 Å². The summed E-state index contributed by atoms with van der Waals surface area (Å²) in [6.07, 6.45) is 3.93. The van der Waals surface area contributed by atoms with E-state index < -0.39 is 5.60 Å². The fourth-order valence-electron chi connectivity index (χ4n) is 1.89. The van der Waals surface area contributed by atoms with Crippen molar-refractivity contribution in [2.45, 2.75) is 51.7 Å². The van der Waals surface area contributed by atoms with E-state index >= 15 is 0 Å². The Labute approximate surface area is 75.6 Å². The maximum Gasteiger partial charge on any atom is 0.0718 e. The molecular weight excluding hydrogens is 150 g/mol. The molecule has 0 aliphatic carbocycles. The van der Waals surface area contributed by atoms with Crippen molar-refractivity contribution in [3.8, 4) is 0 Å². The molecule has 1 aliphatic heterocycles. The Kier molecular flexibility index (Phi) is 3.13. The van der Waals surface area contributed by atoms with E-state index in [-0.39, 0.29) is 0 Å². The van der Waals surface area contributed by atoms with Gasteiger partial charge in [0.25, 0.3) is 0 Å². The molecule has 1 saturated heterocycles. The third kappa shape index (κ3) is 3.11. The SMILES string of the molecule is CC1CCCCN1CC(C)(C)O. The van der Waals surface area contributed by atoms with Crippen LogP contribution in [0.2, 0.25) is 0 Å². The second-order valence-corrected chi connectivity index (χ2v) is 4.63. The Morgan fingerprint density at radius 3 is 2.58 bits per heavy atom. The zero-order chi connectivity index (χ0) is 9.19. The first kappa shape index (κ1) is 10.0. The average molecular weight is 171 g/mol. The van der Waals surface area contributed by atoms with Crippen LogP contribution in [0.3, 0.4) is 0 Å². The molecule has 12 heavy (non-hydrogen) atoms. The fourth-order valence-corrected chi connectivity index (χ4v) is 1.89. The molecule has 1 atom stereocenters. The van der Waals surface area contributed by atoms with Gasteiger partial charge in [0.05, 0.1) is 5.60 Å². The van der Waals surface area contributed by atoms with Gasteiger partial charge in [-0.05, 0) is 40.2 Å². The van der Waals surface area contributed by atoms with Crippen molar-refractivity contribution in [3.05, 3.63) is 0 Å². The number of likely N-dealkylation sites (tertiary alicyclic amines) is 1. The number of aliphatic hydroxyl groups is 1. The van der Waals surface area contributed by atoms with Crippen LogP contribution in [0.25, 0.3) is 0 Å². The van der Waals surface area contributed by atoms with E-state index in [1.165, 1.54) is 19.3 Å². The minimum atomic E-state index is -0.536. The predicted molar refractivity (Wildman–Crippen MR) is 51.2 cm³/mol. The first-order valence-electron chi connectivity index (χ1n) is 4.95. The summed E-state index contributed by atoms with van der Waals surface area (Å²) in [6.45, 7) is 7.99. The van der Waals surface area contributed by atoms with Crippen LogP contribution in [-0.4, -0.2) is 34.7 Å². The van der Waals surface area contributed by atoms with Gasteiger partial charge in [0, 0.05) is 12.6 Å². The molecule has 0 aromatic heterocycles. The predicted octanol–water partition coefficient (Wildman–Crippen LogP) is 1.63. The molecule has 1 fully saturated rings. The third-order valence-electron chi connectivity index (χ3n) is 2.53. The lowest BCUT2D eigenvalue weighted by Crippen LogP contribution is -2.45. The van der Waals surface area contributed by atoms with Gasteiger partial charge in [-0.1, -0.05) is 6.42 Å². The first-order chi connectivity index (χ1) is 5.49. The fraction of sp³-hybridized carbons (Fsp3) is 1.00. The highest BCUT2D eigenvalue weighted by Gasteiger charge is 2.23. The van der Waals surface area contributed by atoms with Gasteiger partial charge in [-0.15, -0.1) is 0 Å². The minimum Gasteiger partial charge on any atom is -0.389 e. The van der Waals surface area contributed by atoms with Crippen LogP contribution in [0.4, 0.5) is 0 Å². The van der Waals surface area contributed by atoms with Crippen molar-refractivity contribution in [2.24, 2.45) is 0 Å². The molecule has 72 valence electrons. The smallest absolute Gasteiger partial charge is 0.0718 e. The molecule has 2 heteroatoms. The first-order valence-corrected chi connectivity index (χ1v) is 4.95. The van der Waals surface area contributed by atoms with Crippen molar-refractivity contribution < 1.29 is 5.11 Å². The van der Waals surface area contributed by atoms with E-state index in [9.17, 15) is 5.11 Å². The van der Waals surface area contributed by atoms with Crippen LogP contribution < -0.4 is 0 Å². The van der Waals surface area contributed by atoms with Gasteiger partial charge in [-0.25, -0.2) is 0 Å². The Bertz CT molecular complexity index is 139. The number of hydrogen-bond acceptors (Lipinski definition) is 2. The maximum absolute atomic E-state index is 9.65. The van der Waals surface area contributed by atoms with Crippen molar-refractivity contribution in [2.75, 3.05) is 13.1 Å². The lowest BCUT2D eigenvalue weighted by atomic mass is 10.0. The molecule has 1 rings (SSSR count). The van der Waals surface area contributed by atoms with Crippen molar-refractivity contribution in [1.82, 2.24) is 4.90 Å². The molecule has 0 aromatic rings. The molecule has 0 saturated carbocycles. The van der Waals surface area contributed by atoms with Crippen LogP contribution in [-0.2, 0) is 0 Å². The lowest BCUT2D eigenvalue weighted by Gasteiger charge is -2.37. The quantitative estimate of drug-likeness (QED) is 0.682. The molecule has 0 aromatic carbocycles. The average Bonchev–Trinajstić information content (AvgIpc) is 1.91. The van der Waals surface area contributed by atoms with E-state index in [2.05, 4.69) is 11.8 Å². The van der Waals surface area contributed by atoms with Gasteiger partial charge in [-0.2, -0.15) is 0 Å². The van der Waals surface area contributed by atoms with Crippen LogP contribution in [0, 0.1) is 0 Å². The summed E-state index contributed by atoms with van der Waals surface area (Å²) < 4.78 is 0. The normalized spacial score (nSPS) is 27.5. The summed E-state index contributed by atoms with van der Waals surface area (Å²) in [5.41, 5.74) is -0.536. The summed E-state index contributed by atoms with van der Waals surface area (Å²) in [7, 11) is 0. The molecule has 1 unspecified atom stereocenters. The summed E-state index contributed by atoms with van der Waals surface area (Å²) in [5, 5.41) is 9.65. The molecule has 0 radical (unpaired) electrons. The Morgan fingerprint density at radius 2 is 2.08 bits per heavy atom. The van der Waals surface area contributed by atoms with Crippen molar-refractivity contribution >= 4 is 0 Å². The highest BCUT2D eigenvalue weighted by atomic mass is 16.3. The van der Waals surface area contributed by atoms with Gasteiger partial charge < -0.3 is 5.11 Å². The summed E-state index contributed by atoms with van der Waals surface area (Å²) in [6, 6.07) is 0.658. The number of hydrogen-bond donors (Lipinski definition) is 1. The second kappa shape index (κ2) is 3.75. The van der Waals surface area contributed by atoms with E-state index in [4.69, 9.17) is 0 Å². The summed E-state index contributed by atoms with van der Waals surface area (Å²) in [4.78, 5) is 2.39. The largest absolute Gasteiger partial charge is 0.389 e. The van der Waals surface area contributed by atoms with Crippen LogP contribution in [0.15, 0.2) is 0 Å². The van der Waals surface area contributed by atoms with E-state index in [1.807, 2.05) is 13.8 Å². The standard InChI is InChI=1S/C10H21NO/c1-9-6-4-5-7-11(9)8-10(2,3)12/h9,12H,4-8H2,1-3H3. The lowest BCUT2D eigenvalue weighted by molar-refractivity contribution is 0.0135. The Hall–Kier alpha value is -0.0800. The zero-order valence-corrected chi connectivity index (χ0v) is 8.51. The zero-order valence-electron chi connectivity index (χ0n) is 8.51. The molecular formula is C10H21NO. The van der Waals surface area contributed by atoms with Gasteiger partial charge in [0.15, 0.2) is 0 Å². The highest BCUT2D eigenvalue weighted by molar-refractivity contribution is 4.79. The van der Waals surface area contributed by atoms with Crippen molar-refractivity contribution in [3.63, 3.8) is 0 Å². The van der Waals surface area contributed by atoms with Crippen LogP contribution in [0.5, 0.6) is 0 Å². The van der Waals surface area contributed by atoms with Gasteiger partial charge in [-0.3, -0.25) is 4.90 Å². The third-order valence-corrected chi connectivity index (χ3v) is 2.53. The van der Waals surface area contributed by atoms with E-state index in [1.54, 1.807) is 0 Å². The van der Waals surface area contributed by atoms with Gasteiger partial charge in [0.2, 0.25) is 0 Å². The Balaban J connectivity index is 2.39. The summed E-state index contributed by atoms with van der Waals surface area (Å²) in [5.74, 6) is 0. The molecule has 2 nitrogen and oxygen atoms in total. The second-order valence-electron chi connectivity index (χ2n) is 4.63. The topological polar surface area (TPSA) is 23.5 Å². The number of nitrogens with zero attached hydrogens (tertiary/aromatic N) is 1. The molecule has 1 heterocycles. The van der Waals surface area contributed by atoms with Crippen LogP contribution in [0.1, 0.15) is 40.0 Å². The van der Waals surface area contributed by atoms with Gasteiger partial charge in [0.1, 0.15) is 0 Å². The minimum absolute atomic E-state index is 0.536. The highest BCUT2D eigenvalue weighted by Crippen LogP contribution is 2.18. The van der Waals surface area contributed by atoms with Gasteiger partial charge >= 0.3 is 0 Å². The maximum atomic E-state index is 9.65.